The fraction of sp³-hybridized carbons (Fsp3) is 0.139. The van der Waals surface area contributed by atoms with Crippen molar-refractivity contribution in [3.63, 3.8) is 0 Å². The van der Waals surface area contributed by atoms with E-state index < -0.39 is 29.7 Å². The van der Waals surface area contributed by atoms with Gasteiger partial charge in [-0.1, -0.05) is 55.1 Å². The van der Waals surface area contributed by atoms with Crippen LogP contribution in [0.15, 0.2) is 109 Å². The second kappa shape index (κ2) is 15.7. The van der Waals surface area contributed by atoms with Crippen LogP contribution in [0.5, 0.6) is 17.2 Å². The molecule has 0 spiro atoms. The first-order valence-corrected chi connectivity index (χ1v) is 14.1. The highest BCUT2D eigenvalue weighted by molar-refractivity contribution is 6.33. The molecule has 10 heteroatoms. The van der Waals surface area contributed by atoms with E-state index in [1.54, 1.807) is 48.5 Å². The lowest BCUT2D eigenvalue weighted by atomic mass is 9.99. The van der Waals surface area contributed by atoms with Crippen molar-refractivity contribution in [3.8, 4) is 39.5 Å². The van der Waals surface area contributed by atoms with E-state index >= 15 is 0 Å². The summed E-state index contributed by atoms with van der Waals surface area (Å²) >= 11 is 0. The summed E-state index contributed by atoms with van der Waals surface area (Å²) in [5.74, 6) is -1.80. The summed E-state index contributed by atoms with van der Waals surface area (Å²) in [4.78, 5) is 57.4. The molecule has 0 aromatic heterocycles. The van der Waals surface area contributed by atoms with Gasteiger partial charge in [-0.3, -0.25) is 14.4 Å². The smallest absolute Gasteiger partial charge is 0.367 e. The van der Waals surface area contributed by atoms with E-state index in [4.69, 9.17) is 14.2 Å². The minimum absolute atomic E-state index is 0.00340. The Hall–Kier alpha value is -5.90. The van der Waals surface area contributed by atoms with Crippen LogP contribution in [0, 0.1) is 0 Å². The molecule has 0 aliphatic carbocycles. The molecule has 4 aromatic carbocycles. The number of rotatable bonds is 14. The number of halogens is 1. The van der Waals surface area contributed by atoms with Gasteiger partial charge in [-0.05, 0) is 77.2 Å². The fourth-order valence-corrected chi connectivity index (χ4v) is 4.16. The van der Waals surface area contributed by atoms with Crippen LogP contribution in [0.4, 0.5) is 4.39 Å². The van der Waals surface area contributed by atoms with E-state index in [0.29, 0.717) is 22.8 Å². The van der Waals surface area contributed by atoms with E-state index in [1.807, 2.05) is 48.5 Å². The fourth-order valence-electron chi connectivity index (χ4n) is 4.16. The minimum atomic E-state index is -1.96. The van der Waals surface area contributed by atoms with Crippen LogP contribution in [0.3, 0.4) is 0 Å². The van der Waals surface area contributed by atoms with Gasteiger partial charge in [-0.25, -0.2) is 9.59 Å². The molecule has 0 unspecified atom stereocenters. The molecule has 234 valence electrons. The summed E-state index contributed by atoms with van der Waals surface area (Å²) in [6, 6.07) is 26.1. The zero-order valence-corrected chi connectivity index (χ0v) is 24.8. The van der Waals surface area contributed by atoms with Crippen molar-refractivity contribution in [2.75, 3.05) is 13.7 Å². The average Bonchev–Trinajstić information content (AvgIpc) is 3.07. The van der Waals surface area contributed by atoms with Gasteiger partial charge in [-0.15, -0.1) is 0 Å². The van der Waals surface area contributed by atoms with Crippen LogP contribution in [0.1, 0.15) is 29.6 Å². The lowest BCUT2D eigenvalue weighted by molar-refractivity contribution is -0.143. The molecule has 0 fully saturated rings. The molecule has 0 amide bonds. The molecule has 0 saturated heterocycles. The highest BCUT2D eigenvalue weighted by atomic mass is 19.1. The first kappa shape index (κ1) is 33.0. The van der Waals surface area contributed by atoms with Crippen LogP contribution in [0.25, 0.3) is 22.3 Å². The first-order chi connectivity index (χ1) is 22.1. The van der Waals surface area contributed by atoms with E-state index in [1.165, 1.54) is 7.11 Å². The predicted octanol–water partition coefficient (Wildman–Crippen LogP) is 6.49. The summed E-state index contributed by atoms with van der Waals surface area (Å²) in [5, 5.41) is 0. The summed E-state index contributed by atoms with van der Waals surface area (Å²) in [7, 11) is 1.23. The number of ether oxygens (including phenoxy) is 4. The topological polar surface area (TPSA) is 122 Å². The van der Waals surface area contributed by atoms with Crippen molar-refractivity contribution >= 4 is 29.7 Å². The Morgan fingerprint density at radius 2 is 1.11 bits per heavy atom. The van der Waals surface area contributed by atoms with Crippen molar-refractivity contribution in [3.05, 3.63) is 115 Å². The molecule has 0 N–H and O–H groups in total. The molecule has 46 heavy (non-hydrogen) atoms. The molecule has 0 saturated carbocycles. The van der Waals surface area contributed by atoms with Crippen molar-refractivity contribution in [2.45, 2.75) is 19.3 Å². The molecule has 4 rings (SSSR count). The van der Waals surface area contributed by atoms with Crippen LogP contribution in [0.2, 0.25) is 0 Å². The van der Waals surface area contributed by atoms with Crippen molar-refractivity contribution in [1.82, 2.24) is 0 Å². The lowest BCUT2D eigenvalue weighted by Crippen LogP contribution is -2.14. The number of Topliss-reactive ketones (excluding diaryl/α,β-unsaturated/α-hetero) is 1. The van der Waals surface area contributed by atoms with Gasteiger partial charge in [-0.2, -0.15) is 4.39 Å². The van der Waals surface area contributed by atoms with Crippen LogP contribution in [-0.2, 0) is 23.9 Å². The Morgan fingerprint density at radius 1 is 0.652 bits per heavy atom. The van der Waals surface area contributed by atoms with Gasteiger partial charge in [0.15, 0.2) is 0 Å². The summed E-state index contributed by atoms with van der Waals surface area (Å²) in [6.07, 6.45) is -0.284. The zero-order valence-electron chi connectivity index (χ0n) is 24.8. The molecule has 0 bridgehead atoms. The Bertz CT molecular complexity index is 1720. The number of methoxy groups -OCH3 is 1. The first-order valence-electron chi connectivity index (χ1n) is 14.1. The third-order valence-corrected chi connectivity index (χ3v) is 6.68. The van der Waals surface area contributed by atoms with E-state index in [0.717, 1.165) is 22.3 Å². The van der Waals surface area contributed by atoms with Gasteiger partial charge in [0, 0.05) is 12.0 Å². The standard InChI is InChI=1S/C36H29FO9/c1-23(22-33(39)43-2)35(41)45-30-15-13-27(14-16-30)25-7-5-24(6-8-25)26-9-11-28(12-10-26)36(42)46-31-19-17-29(18-20-31)44-21-3-4-32(38)34(37)40/h5-20H,1,3-4,21-22H2,2H3. The average molecular weight is 625 g/mol. The van der Waals surface area contributed by atoms with Gasteiger partial charge in [0.25, 0.3) is 0 Å². The van der Waals surface area contributed by atoms with Crippen LogP contribution >= 0.6 is 0 Å². The number of hydrogen-bond acceptors (Lipinski definition) is 9. The largest absolute Gasteiger partial charge is 0.494 e. The van der Waals surface area contributed by atoms with E-state index in [2.05, 4.69) is 11.3 Å². The number of esters is 3. The molecule has 0 atom stereocenters. The maximum absolute atomic E-state index is 12.7. The molecule has 0 aliphatic heterocycles. The molecule has 0 heterocycles. The number of carbonyl (C=O) groups excluding carboxylic acids is 5. The van der Waals surface area contributed by atoms with Crippen LogP contribution < -0.4 is 14.2 Å². The normalized spacial score (nSPS) is 10.4. The van der Waals surface area contributed by atoms with Gasteiger partial charge in [0.1, 0.15) is 17.2 Å². The summed E-state index contributed by atoms with van der Waals surface area (Å²) in [5.41, 5.74) is 4.04. The molecule has 4 aromatic rings. The van der Waals surface area contributed by atoms with Gasteiger partial charge >= 0.3 is 23.9 Å². The Kier molecular flexibility index (Phi) is 11.3. The monoisotopic (exact) mass is 624 g/mol. The van der Waals surface area contributed by atoms with Gasteiger partial charge < -0.3 is 18.9 Å². The van der Waals surface area contributed by atoms with E-state index in [9.17, 15) is 28.4 Å². The lowest BCUT2D eigenvalue weighted by Gasteiger charge is -2.09. The number of carbonyl (C=O) groups is 5. The predicted molar refractivity (Wildman–Crippen MR) is 166 cm³/mol. The number of ketones is 1. The quantitative estimate of drug-likeness (QED) is 0.0387. The highest BCUT2D eigenvalue weighted by Gasteiger charge is 2.15. The maximum Gasteiger partial charge on any atom is 0.367 e. The second-order valence-electron chi connectivity index (χ2n) is 9.93. The Morgan fingerprint density at radius 3 is 1.63 bits per heavy atom. The van der Waals surface area contributed by atoms with E-state index in [-0.39, 0.29) is 31.4 Å². The second-order valence-corrected chi connectivity index (χ2v) is 9.93. The van der Waals surface area contributed by atoms with Crippen LogP contribution in [-0.4, -0.2) is 43.4 Å². The maximum atomic E-state index is 12.7. The molecular formula is C36H29FO9. The summed E-state index contributed by atoms with van der Waals surface area (Å²) < 4.78 is 33.0. The molecule has 9 nitrogen and oxygen atoms in total. The molecule has 0 aliphatic rings. The number of hydrogen-bond donors (Lipinski definition) is 0. The Labute approximate surface area is 264 Å². The molecular weight excluding hydrogens is 595 g/mol. The molecule has 0 radical (unpaired) electrons. The van der Waals surface area contributed by atoms with Gasteiger partial charge in [0.2, 0.25) is 5.78 Å². The highest BCUT2D eigenvalue weighted by Crippen LogP contribution is 2.27. The van der Waals surface area contributed by atoms with Crippen molar-refractivity contribution < 1.29 is 47.3 Å². The van der Waals surface area contributed by atoms with Crippen molar-refractivity contribution in [2.24, 2.45) is 0 Å². The van der Waals surface area contributed by atoms with Crippen molar-refractivity contribution in [1.29, 1.82) is 0 Å². The minimum Gasteiger partial charge on any atom is -0.494 e. The van der Waals surface area contributed by atoms with Gasteiger partial charge in [0.05, 0.1) is 25.7 Å². The SMILES string of the molecule is C=C(CC(=O)OC)C(=O)Oc1ccc(-c2ccc(-c3ccc(C(=O)Oc4ccc(OCCCC(=O)C(=O)F)cc4)cc3)cc2)cc1. The third kappa shape index (κ3) is 9.30. The number of benzene rings is 4. The third-order valence-electron chi connectivity index (χ3n) is 6.68. The Balaban J connectivity index is 1.28. The summed E-state index contributed by atoms with van der Waals surface area (Å²) in [6.45, 7) is 3.69. The zero-order chi connectivity index (χ0) is 33.1.